The maximum Gasteiger partial charge on any atom is 0.0794 e. The smallest absolute Gasteiger partial charge is 0.0794 e. The number of aromatic nitrogens is 1. The lowest BCUT2D eigenvalue weighted by Gasteiger charge is -2.09. The molecular formula is C10H16N2S. The zero-order chi connectivity index (χ0) is 9.52. The first-order valence-corrected chi connectivity index (χ1v) is 5.45. The van der Waals surface area contributed by atoms with Gasteiger partial charge in [-0.3, -0.25) is 4.98 Å². The molecule has 0 saturated heterocycles. The minimum Gasteiger partial charge on any atom is -0.309 e. The summed E-state index contributed by atoms with van der Waals surface area (Å²) in [5.74, 6) is 0. The second-order valence-corrected chi connectivity index (χ2v) is 3.86. The standard InChI is InChI=1S/C10H16N2S/c1-3-4-5-6-12-9(2)10-7-11-8-13-10/h3-4,7-9,12H,5-6H2,1-2H3/b4-3+. The Kier molecular flexibility index (Phi) is 4.72. The molecule has 0 amide bonds. The highest BCUT2D eigenvalue weighted by Crippen LogP contribution is 2.15. The molecule has 0 fully saturated rings. The number of allylic oxidation sites excluding steroid dienone is 1. The third kappa shape index (κ3) is 3.70. The van der Waals surface area contributed by atoms with E-state index in [4.69, 9.17) is 0 Å². The molecule has 1 atom stereocenters. The van der Waals surface area contributed by atoms with Gasteiger partial charge in [-0.1, -0.05) is 12.2 Å². The summed E-state index contributed by atoms with van der Waals surface area (Å²) in [5, 5.41) is 3.44. The van der Waals surface area contributed by atoms with Gasteiger partial charge in [0.25, 0.3) is 0 Å². The average molecular weight is 196 g/mol. The van der Waals surface area contributed by atoms with Gasteiger partial charge in [0.2, 0.25) is 0 Å². The molecule has 13 heavy (non-hydrogen) atoms. The van der Waals surface area contributed by atoms with Crippen molar-refractivity contribution >= 4 is 11.3 Å². The van der Waals surface area contributed by atoms with Crippen LogP contribution < -0.4 is 5.32 Å². The number of rotatable bonds is 5. The molecular weight excluding hydrogens is 180 g/mol. The lowest BCUT2D eigenvalue weighted by atomic mass is 10.3. The van der Waals surface area contributed by atoms with E-state index in [0.29, 0.717) is 6.04 Å². The average Bonchev–Trinajstić information content (AvgIpc) is 2.65. The fourth-order valence-electron chi connectivity index (χ4n) is 1.09. The summed E-state index contributed by atoms with van der Waals surface area (Å²) in [6.45, 7) is 5.25. The highest BCUT2D eigenvalue weighted by Gasteiger charge is 2.04. The molecule has 0 aliphatic carbocycles. The molecule has 3 heteroatoms. The van der Waals surface area contributed by atoms with Crippen molar-refractivity contribution in [2.45, 2.75) is 26.3 Å². The monoisotopic (exact) mass is 196 g/mol. The maximum atomic E-state index is 4.05. The third-order valence-corrected chi connectivity index (χ3v) is 2.83. The van der Waals surface area contributed by atoms with Crippen molar-refractivity contribution in [1.29, 1.82) is 0 Å². The van der Waals surface area contributed by atoms with Crippen LogP contribution in [0.2, 0.25) is 0 Å². The Morgan fingerprint density at radius 3 is 3.15 bits per heavy atom. The molecule has 1 heterocycles. The van der Waals surface area contributed by atoms with Crippen LogP contribution in [0.25, 0.3) is 0 Å². The summed E-state index contributed by atoms with van der Waals surface area (Å²) in [5.41, 5.74) is 1.87. The minimum absolute atomic E-state index is 0.428. The van der Waals surface area contributed by atoms with E-state index in [1.54, 1.807) is 11.3 Å². The maximum absolute atomic E-state index is 4.05. The summed E-state index contributed by atoms with van der Waals surface area (Å²) < 4.78 is 0. The fraction of sp³-hybridized carbons (Fsp3) is 0.500. The quantitative estimate of drug-likeness (QED) is 0.578. The van der Waals surface area contributed by atoms with Gasteiger partial charge < -0.3 is 5.32 Å². The molecule has 2 nitrogen and oxygen atoms in total. The first-order valence-electron chi connectivity index (χ1n) is 4.57. The van der Waals surface area contributed by atoms with Crippen molar-refractivity contribution in [1.82, 2.24) is 10.3 Å². The Morgan fingerprint density at radius 1 is 1.69 bits per heavy atom. The molecule has 0 bridgehead atoms. The van der Waals surface area contributed by atoms with Gasteiger partial charge >= 0.3 is 0 Å². The number of hydrogen-bond donors (Lipinski definition) is 1. The van der Waals surface area contributed by atoms with Crippen molar-refractivity contribution in [3.05, 3.63) is 28.7 Å². The predicted molar refractivity (Wildman–Crippen MR) is 58.0 cm³/mol. The zero-order valence-corrected chi connectivity index (χ0v) is 8.97. The molecule has 1 aromatic heterocycles. The van der Waals surface area contributed by atoms with Crippen LogP contribution in [0.5, 0.6) is 0 Å². The van der Waals surface area contributed by atoms with Crippen LogP contribution in [-0.4, -0.2) is 11.5 Å². The van der Waals surface area contributed by atoms with E-state index in [0.717, 1.165) is 13.0 Å². The lowest BCUT2D eigenvalue weighted by molar-refractivity contribution is 0.588. The molecule has 0 radical (unpaired) electrons. The van der Waals surface area contributed by atoms with Crippen LogP contribution in [0.4, 0.5) is 0 Å². The Bertz CT molecular complexity index is 241. The highest BCUT2D eigenvalue weighted by molar-refractivity contribution is 7.09. The van der Waals surface area contributed by atoms with Gasteiger partial charge in [0.1, 0.15) is 0 Å². The van der Waals surface area contributed by atoms with Crippen molar-refractivity contribution in [3.63, 3.8) is 0 Å². The first-order chi connectivity index (χ1) is 6.34. The zero-order valence-electron chi connectivity index (χ0n) is 8.16. The molecule has 72 valence electrons. The molecule has 1 rings (SSSR count). The number of nitrogens with one attached hydrogen (secondary N) is 1. The number of thiazole rings is 1. The van der Waals surface area contributed by atoms with Crippen LogP contribution in [0, 0.1) is 0 Å². The van der Waals surface area contributed by atoms with Gasteiger partial charge in [-0.05, 0) is 26.8 Å². The first kappa shape index (κ1) is 10.4. The van der Waals surface area contributed by atoms with E-state index >= 15 is 0 Å². The molecule has 1 aromatic rings. The van der Waals surface area contributed by atoms with Crippen molar-refractivity contribution in [2.75, 3.05) is 6.54 Å². The molecule has 0 aliphatic heterocycles. The van der Waals surface area contributed by atoms with Crippen molar-refractivity contribution < 1.29 is 0 Å². The number of hydrogen-bond acceptors (Lipinski definition) is 3. The van der Waals surface area contributed by atoms with Gasteiger partial charge in [-0.25, -0.2) is 0 Å². The second kappa shape index (κ2) is 5.89. The Hall–Kier alpha value is -0.670. The van der Waals surface area contributed by atoms with E-state index in [1.165, 1.54) is 4.88 Å². The van der Waals surface area contributed by atoms with Crippen LogP contribution in [0.3, 0.4) is 0 Å². The van der Waals surface area contributed by atoms with E-state index in [9.17, 15) is 0 Å². The summed E-state index contributed by atoms with van der Waals surface area (Å²) in [4.78, 5) is 5.36. The van der Waals surface area contributed by atoms with Crippen LogP contribution in [-0.2, 0) is 0 Å². The van der Waals surface area contributed by atoms with Crippen LogP contribution >= 0.6 is 11.3 Å². The molecule has 1 unspecified atom stereocenters. The largest absolute Gasteiger partial charge is 0.309 e. The fourth-order valence-corrected chi connectivity index (χ4v) is 1.74. The summed E-state index contributed by atoms with van der Waals surface area (Å²) >= 11 is 1.70. The predicted octanol–water partition coefficient (Wildman–Crippen LogP) is 2.76. The molecule has 0 saturated carbocycles. The Labute approximate surface area is 83.7 Å². The lowest BCUT2D eigenvalue weighted by Crippen LogP contribution is -2.18. The third-order valence-electron chi connectivity index (χ3n) is 1.88. The summed E-state index contributed by atoms with van der Waals surface area (Å²) in [6.07, 6.45) is 7.28. The number of nitrogens with zero attached hydrogens (tertiary/aromatic N) is 1. The van der Waals surface area contributed by atoms with Gasteiger partial charge in [0.15, 0.2) is 0 Å². The second-order valence-electron chi connectivity index (χ2n) is 2.94. The Morgan fingerprint density at radius 2 is 2.54 bits per heavy atom. The molecule has 1 N–H and O–H groups in total. The SMILES string of the molecule is C/C=C/CCNC(C)c1cncs1. The van der Waals surface area contributed by atoms with Gasteiger partial charge in [-0.2, -0.15) is 0 Å². The Balaban J connectivity index is 2.22. The topological polar surface area (TPSA) is 24.9 Å². The molecule has 0 spiro atoms. The molecule has 0 aromatic carbocycles. The summed E-state index contributed by atoms with van der Waals surface area (Å²) in [7, 11) is 0. The molecule has 0 aliphatic rings. The van der Waals surface area contributed by atoms with Gasteiger partial charge in [-0.15, -0.1) is 11.3 Å². The van der Waals surface area contributed by atoms with Crippen molar-refractivity contribution in [2.24, 2.45) is 0 Å². The normalized spacial score (nSPS) is 13.7. The van der Waals surface area contributed by atoms with E-state index in [1.807, 2.05) is 18.6 Å². The summed E-state index contributed by atoms with van der Waals surface area (Å²) in [6, 6.07) is 0.428. The van der Waals surface area contributed by atoms with Crippen LogP contribution in [0.15, 0.2) is 23.9 Å². The van der Waals surface area contributed by atoms with Gasteiger partial charge in [0, 0.05) is 17.1 Å². The van der Waals surface area contributed by atoms with Gasteiger partial charge in [0.05, 0.1) is 5.51 Å². The van der Waals surface area contributed by atoms with Crippen LogP contribution in [0.1, 0.15) is 31.2 Å². The van der Waals surface area contributed by atoms with E-state index < -0.39 is 0 Å². The highest BCUT2D eigenvalue weighted by atomic mass is 32.1. The van der Waals surface area contributed by atoms with Crippen molar-refractivity contribution in [3.8, 4) is 0 Å². The minimum atomic E-state index is 0.428. The van der Waals surface area contributed by atoms with E-state index in [2.05, 4.69) is 29.4 Å². The van der Waals surface area contributed by atoms with E-state index in [-0.39, 0.29) is 0 Å².